The first-order valence-electron chi connectivity index (χ1n) is 4.44. The van der Waals surface area contributed by atoms with Gasteiger partial charge in [-0.15, -0.1) is 0 Å². The van der Waals surface area contributed by atoms with E-state index in [9.17, 15) is 0 Å². The van der Waals surface area contributed by atoms with Crippen molar-refractivity contribution in [1.82, 2.24) is 0 Å². The van der Waals surface area contributed by atoms with E-state index in [0.29, 0.717) is 12.0 Å². The normalized spacial score (nSPS) is 29.1. The number of rotatable bonds is 1. The van der Waals surface area contributed by atoms with Crippen LogP contribution in [0.3, 0.4) is 0 Å². The summed E-state index contributed by atoms with van der Waals surface area (Å²) in [6.07, 6.45) is 1.48. The molecule has 66 valence electrons. The van der Waals surface area contributed by atoms with E-state index in [-0.39, 0.29) is 0 Å². The van der Waals surface area contributed by atoms with E-state index >= 15 is 0 Å². The Kier molecular flexibility index (Phi) is 1.20. The lowest BCUT2D eigenvalue weighted by molar-refractivity contribution is 0.140. The quantitative estimate of drug-likeness (QED) is 0.654. The first-order valence-corrected chi connectivity index (χ1v) is 4.44. The molecule has 2 N–H and O–H groups in total. The van der Waals surface area contributed by atoms with Gasteiger partial charge in [0.05, 0.1) is 5.71 Å². The summed E-state index contributed by atoms with van der Waals surface area (Å²) in [6, 6.07) is 7.80. The van der Waals surface area contributed by atoms with E-state index in [2.05, 4.69) is 5.16 Å². The van der Waals surface area contributed by atoms with Crippen LogP contribution in [0.25, 0.3) is 0 Å². The van der Waals surface area contributed by atoms with Crippen molar-refractivity contribution in [1.29, 1.82) is 0 Å². The molecule has 2 atom stereocenters. The van der Waals surface area contributed by atoms with Gasteiger partial charge in [0.2, 0.25) is 0 Å². The molecule has 0 saturated heterocycles. The average molecular weight is 174 g/mol. The lowest BCUT2D eigenvalue weighted by Crippen LogP contribution is -2.02. The SMILES string of the molecule is Nc1cccc(C2=NOC3CC23)c1. The van der Waals surface area contributed by atoms with Crippen molar-refractivity contribution >= 4 is 11.4 Å². The molecule has 1 saturated carbocycles. The number of hydrogen-bond acceptors (Lipinski definition) is 3. The molecule has 3 nitrogen and oxygen atoms in total. The molecule has 1 aromatic carbocycles. The highest BCUT2D eigenvalue weighted by Crippen LogP contribution is 2.42. The zero-order valence-electron chi connectivity index (χ0n) is 7.10. The molecule has 2 aliphatic rings. The van der Waals surface area contributed by atoms with E-state index < -0.39 is 0 Å². The molecule has 0 bridgehead atoms. The number of fused-ring (bicyclic) bond motifs is 1. The number of nitrogen functional groups attached to an aromatic ring is 1. The van der Waals surface area contributed by atoms with Crippen molar-refractivity contribution in [2.24, 2.45) is 11.1 Å². The molecule has 0 amide bonds. The van der Waals surface area contributed by atoms with Crippen LogP contribution < -0.4 is 5.73 Å². The lowest BCUT2D eigenvalue weighted by Gasteiger charge is -2.00. The lowest BCUT2D eigenvalue weighted by atomic mass is 10.1. The zero-order valence-corrected chi connectivity index (χ0v) is 7.10. The number of nitrogens with two attached hydrogens (primary N) is 1. The number of hydrogen-bond donors (Lipinski definition) is 1. The molecule has 1 aliphatic carbocycles. The third kappa shape index (κ3) is 1.00. The van der Waals surface area contributed by atoms with Crippen molar-refractivity contribution in [2.45, 2.75) is 12.5 Å². The van der Waals surface area contributed by atoms with Crippen molar-refractivity contribution in [2.75, 3.05) is 5.73 Å². The predicted molar refractivity (Wildman–Crippen MR) is 50.4 cm³/mol. The van der Waals surface area contributed by atoms with Gasteiger partial charge in [-0.3, -0.25) is 0 Å². The van der Waals surface area contributed by atoms with Gasteiger partial charge in [-0.25, -0.2) is 0 Å². The Labute approximate surface area is 76.2 Å². The maximum atomic E-state index is 5.69. The van der Waals surface area contributed by atoms with E-state index in [0.717, 1.165) is 23.4 Å². The fourth-order valence-electron chi connectivity index (χ4n) is 1.73. The van der Waals surface area contributed by atoms with Gasteiger partial charge in [-0.1, -0.05) is 17.3 Å². The Morgan fingerprint density at radius 3 is 3.00 bits per heavy atom. The Bertz CT molecular complexity index is 386. The summed E-state index contributed by atoms with van der Waals surface area (Å²) < 4.78 is 0. The maximum absolute atomic E-state index is 5.69. The molecule has 1 fully saturated rings. The summed E-state index contributed by atoms with van der Waals surface area (Å²) in [4.78, 5) is 5.18. The van der Waals surface area contributed by atoms with E-state index in [1.165, 1.54) is 0 Å². The Balaban J connectivity index is 2.00. The fraction of sp³-hybridized carbons (Fsp3) is 0.300. The van der Waals surface area contributed by atoms with Crippen LogP contribution in [0.2, 0.25) is 0 Å². The minimum absolute atomic E-state index is 0.358. The largest absolute Gasteiger partial charge is 0.399 e. The van der Waals surface area contributed by atoms with Gasteiger partial charge in [0.25, 0.3) is 0 Å². The van der Waals surface area contributed by atoms with E-state index in [4.69, 9.17) is 10.6 Å². The molecule has 2 unspecified atom stereocenters. The fourth-order valence-corrected chi connectivity index (χ4v) is 1.73. The van der Waals surface area contributed by atoms with Gasteiger partial charge in [-0.05, 0) is 18.6 Å². The summed E-state index contributed by atoms with van der Waals surface area (Å²) >= 11 is 0. The van der Waals surface area contributed by atoms with E-state index in [1.54, 1.807) is 0 Å². The maximum Gasteiger partial charge on any atom is 0.136 e. The van der Waals surface area contributed by atoms with Crippen LogP contribution in [-0.4, -0.2) is 11.8 Å². The van der Waals surface area contributed by atoms with Gasteiger partial charge >= 0.3 is 0 Å². The Hall–Kier alpha value is -1.51. The summed E-state index contributed by atoms with van der Waals surface area (Å²) in [5.74, 6) is 0.529. The smallest absolute Gasteiger partial charge is 0.136 e. The number of anilines is 1. The standard InChI is InChI=1S/C10H10N2O/c11-7-3-1-2-6(4-7)10-8-5-9(8)13-12-10/h1-4,8-9H,5,11H2. The average Bonchev–Trinajstić information content (AvgIpc) is 2.78. The summed E-state index contributed by atoms with van der Waals surface area (Å²) in [5.41, 5.74) is 8.64. The molecule has 3 rings (SSSR count). The highest BCUT2D eigenvalue weighted by molar-refractivity contribution is 6.05. The number of benzene rings is 1. The van der Waals surface area contributed by atoms with Gasteiger partial charge in [0.1, 0.15) is 6.10 Å². The Morgan fingerprint density at radius 1 is 1.46 bits per heavy atom. The third-order valence-electron chi connectivity index (χ3n) is 2.55. The molecule has 13 heavy (non-hydrogen) atoms. The zero-order chi connectivity index (χ0) is 8.84. The second kappa shape index (κ2) is 2.25. The van der Waals surface area contributed by atoms with Crippen molar-refractivity contribution in [3.63, 3.8) is 0 Å². The molecule has 3 heteroatoms. The summed E-state index contributed by atoms with van der Waals surface area (Å²) in [7, 11) is 0. The van der Waals surface area contributed by atoms with Crippen LogP contribution in [0, 0.1) is 5.92 Å². The third-order valence-corrected chi connectivity index (χ3v) is 2.55. The highest BCUT2D eigenvalue weighted by atomic mass is 16.7. The van der Waals surface area contributed by atoms with Gasteiger partial charge in [0, 0.05) is 17.2 Å². The predicted octanol–water partition coefficient (Wildman–Crippen LogP) is 1.39. The number of oxime groups is 1. The first-order chi connectivity index (χ1) is 6.34. The second-order valence-corrected chi connectivity index (χ2v) is 3.59. The summed E-state index contributed by atoms with van der Waals surface area (Å²) in [6.45, 7) is 0. The molecule has 1 aliphatic heterocycles. The van der Waals surface area contributed by atoms with Crippen LogP contribution in [0.5, 0.6) is 0 Å². The highest BCUT2D eigenvalue weighted by Gasteiger charge is 2.48. The van der Waals surface area contributed by atoms with Crippen LogP contribution in [0.15, 0.2) is 29.4 Å². The van der Waals surface area contributed by atoms with Crippen molar-refractivity contribution in [3.8, 4) is 0 Å². The van der Waals surface area contributed by atoms with Crippen molar-refractivity contribution in [3.05, 3.63) is 29.8 Å². The van der Waals surface area contributed by atoms with Gasteiger partial charge in [-0.2, -0.15) is 0 Å². The molecule has 0 aromatic heterocycles. The number of nitrogens with zero attached hydrogens (tertiary/aromatic N) is 1. The molecular formula is C10H10N2O. The summed E-state index contributed by atoms with van der Waals surface area (Å²) in [5, 5.41) is 4.04. The van der Waals surface area contributed by atoms with Crippen LogP contribution in [0.4, 0.5) is 5.69 Å². The second-order valence-electron chi connectivity index (χ2n) is 3.59. The van der Waals surface area contributed by atoms with Gasteiger partial charge in [0.15, 0.2) is 0 Å². The molecular weight excluding hydrogens is 164 g/mol. The van der Waals surface area contributed by atoms with Crippen LogP contribution in [-0.2, 0) is 4.84 Å². The minimum Gasteiger partial charge on any atom is -0.399 e. The van der Waals surface area contributed by atoms with Crippen LogP contribution >= 0.6 is 0 Å². The van der Waals surface area contributed by atoms with Crippen molar-refractivity contribution < 1.29 is 4.84 Å². The van der Waals surface area contributed by atoms with Gasteiger partial charge < -0.3 is 10.6 Å². The topological polar surface area (TPSA) is 47.6 Å². The Morgan fingerprint density at radius 2 is 2.38 bits per heavy atom. The minimum atomic E-state index is 0.358. The molecule has 1 heterocycles. The molecule has 0 spiro atoms. The first kappa shape index (κ1) is 6.95. The monoisotopic (exact) mass is 174 g/mol. The van der Waals surface area contributed by atoms with E-state index in [1.807, 2.05) is 24.3 Å². The van der Waals surface area contributed by atoms with Crippen LogP contribution in [0.1, 0.15) is 12.0 Å². The molecule has 0 radical (unpaired) electrons. The molecule has 1 aromatic rings.